The van der Waals surface area contributed by atoms with E-state index >= 15 is 4.39 Å². The molecular weight excluding hydrogens is 558 g/mol. The number of aromatic nitrogens is 3. The topological polar surface area (TPSA) is 66.4 Å². The lowest BCUT2D eigenvalue weighted by molar-refractivity contribution is 0.139. The third-order valence-corrected chi connectivity index (χ3v) is 10.0. The SMILES string of the molecule is C#Cc1c(F)ccc2cccc(-c3ncc4c(N5C[C@H]6CC[C@@H](C5)N6)nc(OCC5(CN6CCCCC6)CC5)nc4c3F)c12. The number of piperidine rings is 1. The summed E-state index contributed by atoms with van der Waals surface area (Å²) in [6.07, 6.45) is 15.6. The van der Waals surface area contributed by atoms with Crippen molar-refractivity contribution in [1.29, 1.82) is 0 Å². The molecule has 1 N–H and O–H groups in total. The average Bonchev–Trinajstić information content (AvgIpc) is 3.73. The molecule has 2 aromatic heterocycles. The van der Waals surface area contributed by atoms with Crippen LogP contribution in [-0.2, 0) is 0 Å². The van der Waals surface area contributed by atoms with Crippen LogP contribution in [0.2, 0.25) is 0 Å². The van der Waals surface area contributed by atoms with Gasteiger partial charge in [0.05, 0.1) is 17.6 Å². The van der Waals surface area contributed by atoms with E-state index in [1.807, 2.05) is 6.07 Å². The smallest absolute Gasteiger partial charge is 0.319 e. The predicted molar refractivity (Wildman–Crippen MR) is 168 cm³/mol. The zero-order chi connectivity index (χ0) is 29.8. The zero-order valence-corrected chi connectivity index (χ0v) is 24.8. The number of nitrogens with zero attached hydrogens (tertiary/aromatic N) is 5. The van der Waals surface area contributed by atoms with Gasteiger partial charge in [0.15, 0.2) is 5.82 Å². The molecule has 4 fully saturated rings. The molecule has 5 heterocycles. The Morgan fingerprint density at radius 1 is 1.02 bits per heavy atom. The van der Waals surface area contributed by atoms with Gasteiger partial charge < -0.3 is 19.9 Å². The fourth-order valence-electron chi connectivity index (χ4n) is 7.51. The molecule has 2 aromatic carbocycles. The molecule has 7 nitrogen and oxygen atoms in total. The number of anilines is 1. The minimum Gasteiger partial charge on any atom is -0.463 e. The summed E-state index contributed by atoms with van der Waals surface area (Å²) < 4.78 is 37.8. The number of piperazine rings is 1. The Labute approximate surface area is 256 Å². The van der Waals surface area contributed by atoms with Crippen LogP contribution in [-0.4, -0.2) is 71.3 Å². The number of hydrogen-bond acceptors (Lipinski definition) is 7. The number of likely N-dealkylation sites (tertiary alicyclic amines) is 1. The summed E-state index contributed by atoms with van der Waals surface area (Å²) >= 11 is 0. The van der Waals surface area contributed by atoms with Gasteiger partial charge in [0.25, 0.3) is 0 Å². The molecule has 0 amide bonds. The van der Waals surface area contributed by atoms with Crippen LogP contribution in [0.25, 0.3) is 32.9 Å². The van der Waals surface area contributed by atoms with Gasteiger partial charge in [-0.2, -0.15) is 9.97 Å². The summed E-state index contributed by atoms with van der Waals surface area (Å²) in [7, 11) is 0. The molecule has 2 atom stereocenters. The van der Waals surface area contributed by atoms with Crippen molar-refractivity contribution < 1.29 is 13.5 Å². The van der Waals surface area contributed by atoms with Gasteiger partial charge in [-0.05, 0) is 63.1 Å². The molecule has 4 aromatic rings. The monoisotopic (exact) mass is 594 g/mol. The molecule has 226 valence electrons. The Balaban J connectivity index is 1.21. The highest BCUT2D eigenvalue weighted by Crippen LogP contribution is 2.47. The van der Waals surface area contributed by atoms with Crippen molar-refractivity contribution in [2.45, 2.75) is 57.0 Å². The maximum Gasteiger partial charge on any atom is 0.319 e. The first-order chi connectivity index (χ1) is 21.5. The molecule has 2 bridgehead atoms. The lowest BCUT2D eigenvalue weighted by atomic mass is 9.96. The van der Waals surface area contributed by atoms with Crippen LogP contribution in [0, 0.1) is 29.4 Å². The normalized spacial score (nSPS) is 22.8. The van der Waals surface area contributed by atoms with Crippen LogP contribution in [0.3, 0.4) is 0 Å². The highest BCUT2D eigenvalue weighted by molar-refractivity contribution is 6.02. The third-order valence-electron chi connectivity index (χ3n) is 10.0. The van der Waals surface area contributed by atoms with Crippen LogP contribution in [0.1, 0.15) is 50.5 Å². The fourth-order valence-corrected chi connectivity index (χ4v) is 7.51. The van der Waals surface area contributed by atoms with E-state index in [-0.39, 0.29) is 28.2 Å². The molecule has 4 aliphatic rings. The second-order valence-corrected chi connectivity index (χ2v) is 13.2. The number of fused-ring (bicyclic) bond motifs is 4. The Kier molecular flexibility index (Phi) is 6.87. The fraction of sp³-hybridized carbons (Fsp3) is 0.457. The highest BCUT2D eigenvalue weighted by atomic mass is 19.1. The van der Waals surface area contributed by atoms with Crippen molar-refractivity contribution in [3.8, 4) is 29.6 Å². The number of terminal acetylenes is 1. The van der Waals surface area contributed by atoms with E-state index in [0.717, 1.165) is 58.4 Å². The number of rotatable bonds is 7. The number of halogens is 2. The number of benzene rings is 2. The van der Waals surface area contributed by atoms with E-state index in [1.54, 1.807) is 24.4 Å². The van der Waals surface area contributed by atoms with Crippen molar-refractivity contribution in [2.24, 2.45) is 5.41 Å². The van der Waals surface area contributed by atoms with Crippen LogP contribution in [0.5, 0.6) is 6.01 Å². The lowest BCUT2D eigenvalue weighted by Gasteiger charge is -2.34. The Bertz CT molecular complexity index is 1780. The highest BCUT2D eigenvalue weighted by Gasteiger charge is 2.45. The summed E-state index contributed by atoms with van der Waals surface area (Å²) in [5, 5.41) is 5.37. The molecule has 1 aliphatic carbocycles. The molecule has 44 heavy (non-hydrogen) atoms. The molecule has 3 aliphatic heterocycles. The van der Waals surface area contributed by atoms with Gasteiger partial charge in [0, 0.05) is 54.3 Å². The third kappa shape index (κ3) is 4.94. The number of hydrogen-bond donors (Lipinski definition) is 1. The Morgan fingerprint density at radius 2 is 1.82 bits per heavy atom. The first-order valence-corrected chi connectivity index (χ1v) is 15.9. The van der Waals surface area contributed by atoms with E-state index in [1.165, 1.54) is 25.3 Å². The van der Waals surface area contributed by atoms with E-state index in [4.69, 9.17) is 16.1 Å². The Hall–Kier alpha value is -3.87. The molecule has 0 spiro atoms. The molecular formula is C35H36F2N6O. The van der Waals surface area contributed by atoms with Gasteiger partial charge in [0.2, 0.25) is 0 Å². The standard InChI is InChI=1S/C35H36F2N6O/c1-2-25-28(36)12-9-22-7-6-8-26(29(22)25)31-30(37)32-27(17-38-31)33(43-18-23-10-11-24(19-43)39-23)41-34(40-32)44-21-35(13-14-35)20-42-15-4-3-5-16-42/h1,6-9,12,17,23-24,39H,3-5,10-11,13-16,18-21H2/t23-,24+. The largest absolute Gasteiger partial charge is 0.463 e. The molecule has 9 heteroatoms. The summed E-state index contributed by atoms with van der Waals surface area (Å²) in [5.41, 5.74) is 0.842. The van der Waals surface area contributed by atoms with Crippen molar-refractivity contribution in [3.63, 3.8) is 0 Å². The second kappa shape index (κ2) is 10.9. The van der Waals surface area contributed by atoms with Gasteiger partial charge in [-0.15, -0.1) is 6.42 Å². The second-order valence-electron chi connectivity index (χ2n) is 13.2. The van der Waals surface area contributed by atoms with Crippen molar-refractivity contribution in [2.75, 3.05) is 44.2 Å². The van der Waals surface area contributed by atoms with Gasteiger partial charge in [-0.3, -0.25) is 4.98 Å². The van der Waals surface area contributed by atoms with E-state index in [9.17, 15) is 4.39 Å². The molecule has 8 rings (SSSR count). The van der Waals surface area contributed by atoms with Crippen LogP contribution >= 0.6 is 0 Å². The van der Waals surface area contributed by atoms with E-state index in [0.29, 0.717) is 46.2 Å². The van der Waals surface area contributed by atoms with Crippen molar-refractivity contribution in [3.05, 3.63) is 53.7 Å². The number of nitrogens with one attached hydrogen (secondary N) is 1. The maximum atomic E-state index is 16.7. The number of pyridine rings is 1. The summed E-state index contributed by atoms with van der Waals surface area (Å²) in [4.78, 5) is 18.9. The summed E-state index contributed by atoms with van der Waals surface area (Å²) in [6.45, 7) is 5.37. The Morgan fingerprint density at radius 3 is 2.57 bits per heavy atom. The van der Waals surface area contributed by atoms with Crippen LogP contribution in [0.4, 0.5) is 14.6 Å². The van der Waals surface area contributed by atoms with Gasteiger partial charge in [-0.25, -0.2) is 8.78 Å². The summed E-state index contributed by atoms with van der Waals surface area (Å²) in [6, 6.07) is 9.27. The van der Waals surface area contributed by atoms with Crippen molar-refractivity contribution in [1.82, 2.24) is 25.2 Å². The number of ether oxygens (including phenoxy) is 1. The van der Waals surface area contributed by atoms with E-state index in [2.05, 4.69) is 31.0 Å². The molecule has 0 radical (unpaired) electrons. The minimum atomic E-state index is -0.594. The molecule has 1 saturated carbocycles. The minimum absolute atomic E-state index is 0.0740. The summed E-state index contributed by atoms with van der Waals surface area (Å²) in [5.74, 6) is 1.99. The van der Waals surface area contributed by atoms with Gasteiger partial charge >= 0.3 is 6.01 Å². The first-order valence-electron chi connectivity index (χ1n) is 15.9. The molecule has 0 unspecified atom stereocenters. The average molecular weight is 595 g/mol. The van der Waals surface area contributed by atoms with E-state index < -0.39 is 11.6 Å². The quantitative estimate of drug-likeness (QED) is 0.276. The lowest BCUT2D eigenvalue weighted by Crippen LogP contribution is -2.51. The van der Waals surface area contributed by atoms with Crippen LogP contribution in [0.15, 0.2) is 36.5 Å². The zero-order valence-electron chi connectivity index (χ0n) is 24.8. The van der Waals surface area contributed by atoms with Gasteiger partial charge in [-0.1, -0.05) is 36.6 Å². The first kappa shape index (κ1) is 27.7. The predicted octanol–water partition coefficient (Wildman–Crippen LogP) is 5.69. The maximum absolute atomic E-state index is 16.7. The molecule has 3 saturated heterocycles. The van der Waals surface area contributed by atoms with Crippen molar-refractivity contribution >= 4 is 27.5 Å². The van der Waals surface area contributed by atoms with Gasteiger partial charge in [0.1, 0.15) is 22.8 Å². The van der Waals surface area contributed by atoms with Crippen LogP contribution < -0.4 is 15.0 Å².